The maximum atomic E-state index is 10.6. The number of carbonyl (C=O) groups is 2. The molecule has 0 unspecified atom stereocenters. The first-order chi connectivity index (χ1) is 10.6. The third kappa shape index (κ3) is 11.4. The third-order valence-electron chi connectivity index (χ3n) is 2.52. The van der Waals surface area contributed by atoms with Gasteiger partial charge < -0.3 is 15.5 Å². The van der Waals surface area contributed by atoms with Gasteiger partial charge in [0.1, 0.15) is 0 Å². The second-order valence-electron chi connectivity index (χ2n) is 4.39. The van der Waals surface area contributed by atoms with Crippen LogP contribution in [0.15, 0.2) is 24.3 Å². The van der Waals surface area contributed by atoms with Crippen LogP contribution in [0.25, 0.3) is 0 Å². The van der Waals surface area contributed by atoms with Gasteiger partial charge in [0.15, 0.2) is 0 Å². The zero-order valence-electron chi connectivity index (χ0n) is 12.1. The van der Waals surface area contributed by atoms with E-state index >= 15 is 0 Å². The first kappa shape index (κ1) is 21.2. The molecule has 0 aliphatic heterocycles. The molecular weight excluding hydrogens is 339 g/mol. The first-order valence-corrected chi connectivity index (χ1v) is 6.98. The van der Waals surface area contributed by atoms with Crippen LogP contribution in [0.4, 0.5) is 13.2 Å². The number of carboxylic acids is 2. The highest BCUT2D eigenvalue weighted by atomic mass is 35.5. The number of carboxylic acid groups (broad SMARTS) is 2. The molecule has 0 aromatic heterocycles. The summed E-state index contributed by atoms with van der Waals surface area (Å²) in [5, 5.41) is 19.4. The molecule has 130 valence electrons. The zero-order chi connectivity index (χ0) is 17.9. The fourth-order valence-electron chi connectivity index (χ4n) is 1.43. The molecule has 0 amide bonds. The first-order valence-electron chi connectivity index (χ1n) is 6.60. The number of hydrogen-bond donors (Lipinski definition) is 3. The molecule has 1 aromatic carbocycles. The molecule has 9 heteroatoms. The Labute approximate surface area is 136 Å². The second-order valence-corrected chi connectivity index (χ2v) is 4.80. The van der Waals surface area contributed by atoms with Gasteiger partial charge in [-0.25, -0.2) is 4.79 Å². The van der Waals surface area contributed by atoms with E-state index in [1.54, 1.807) is 0 Å². The lowest BCUT2D eigenvalue weighted by Gasteiger charge is -2.04. The van der Waals surface area contributed by atoms with Crippen molar-refractivity contribution in [2.45, 2.75) is 25.4 Å². The molecule has 0 saturated carbocycles. The van der Waals surface area contributed by atoms with Crippen molar-refractivity contribution < 1.29 is 33.0 Å². The summed E-state index contributed by atoms with van der Waals surface area (Å²) in [5.41, 5.74) is 1.14. The van der Waals surface area contributed by atoms with Gasteiger partial charge in [-0.3, -0.25) is 4.79 Å². The van der Waals surface area contributed by atoms with Crippen molar-refractivity contribution in [1.29, 1.82) is 0 Å². The average Bonchev–Trinajstić information content (AvgIpc) is 2.43. The quantitative estimate of drug-likeness (QED) is 0.655. The highest BCUT2D eigenvalue weighted by molar-refractivity contribution is 6.31. The fraction of sp³-hybridized carbons (Fsp3) is 0.429. The van der Waals surface area contributed by atoms with Gasteiger partial charge in [0.05, 0.1) is 6.42 Å². The summed E-state index contributed by atoms with van der Waals surface area (Å²) in [4.78, 5) is 19.1. The van der Waals surface area contributed by atoms with Crippen LogP contribution in [-0.4, -0.2) is 41.4 Å². The summed E-state index contributed by atoms with van der Waals surface area (Å²) in [5.74, 6) is -3.52. The SMILES string of the molecule is O=C(O)C(F)(F)F.O=C(O)CCNCCCc1ccccc1Cl. The van der Waals surface area contributed by atoms with Gasteiger partial charge in [-0.1, -0.05) is 29.8 Å². The van der Waals surface area contributed by atoms with Gasteiger partial charge >= 0.3 is 18.1 Å². The third-order valence-corrected chi connectivity index (χ3v) is 2.88. The smallest absolute Gasteiger partial charge is 0.481 e. The van der Waals surface area contributed by atoms with Crippen LogP contribution in [0.3, 0.4) is 0 Å². The molecule has 0 bridgehead atoms. The van der Waals surface area contributed by atoms with Crippen molar-refractivity contribution in [2.75, 3.05) is 13.1 Å². The van der Waals surface area contributed by atoms with Crippen LogP contribution in [-0.2, 0) is 16.0 Å². The molecule has 0 aliphatic rings. The molecule has 0 spiro atoms. The average molecular weight is 356 g/mol. The van der Waals surface area contributed by atoms with E-state index in [0.29, 0.717) is 6.54 Å². The molecule has 1 aromatic rings. The van der Waals surface area contributed by atoms with E-state index in [4.69, 9.17) is 26.6 Å². The van der Waals surface area contributed by atoms with Gasteiger partial charge in [0.25, 0.3) is 0 Å². The van der Waals surface area contributed by atoms with Crippen LogP contribution in [0.5, 0.6) is 0 Å². The number of alkyl halides is 3. The maximum absolute atomic E-state index is 10.6. The molecule has 0 heterocycles. The molecule has 0 fully saturated rings. The monoisotopic (exact) mass is 355 g/mol. The van der Waals surface area contributed by atoms with Crippen molar-refractivity contribution in [3.8, 4) is 0 Å². The molecule has 0 saturated heterocycles. The summed E-state index contributed by atoms with van der Waals surface area (Å²) < 4.78 is 31.7. The Kier molecular flexibility index (Phi) is 10.00. The van der Waals surface area contributed by atoms with Crippen LogP contribution in [0.1, 0.15) is 18.4 Å². The van der Waals surface area contributed by atoms with Gasteiger partial charge in [-0.2, -0.15) is 13.2 Å². The predicted octanol–water partition coefficient (Wildman–Crippen LogP) is 2.97. The molecule has 0 atom stereocenters. The summed E-state index contributed by atoms with van der Waals surface area (Å²) in [6.45, 7) is 1.34. The highest BCUT2D eigenvalue weighted by Crippen LogP contribution is 2.16. The Morgan fingerprint density at radius 1 is 1.13 bits per heavy atom. The number of aliphatic carboxylic acids is 2. The minimum absolute atomic E-state index is 0.173. The normalized spacial score (nSPS) is 10.6. The lowest BCUT2D eigenvalue weighted by molar-refractivity contribution is -0.192. The summed E-state index contributed by atoms with van der Waals surface area (Å²) in [7, 11) is 0. The molecule has 1 rings (SSSR count). The van der Waals surface area contributed by atoms with E-state index in [1.165, 1.54) is 0 Å². The number of rotatable bonds is 7. The van der Waals surface area contributed by atoms with Gasteiger partial charge in [-0.15, -0.1) is 0 Å². The molecule has 5 nitrogen and oxygen atoms in total. The van der Waals surface area contributed by atoms with E-state index in [1.807, 2.05) is 24.3 Å². The lowest BCUT2D eigenvalue weighted by Crippen LogP contribution is -2.21. The van der Waals surface area contributed by atoms with Gasteiger partial charge in [-0.05, 0) is 31.0 Å². The van der Waals surface area contributed by atoms with Crippen LogP contribution in [0, 0.1) is 0 Å². The predicted molar refractivity (Wildman–Crippen MR) is 78.6 cm³/mol. The van der Waals surface area contributed by atoms with E-state index in [-0.39, 0.29) is 6.42 Å². The number of nitrogens with one attached hydrogen (secondary N) is 1. The summed E-state index contributed by atoms with van der Waals surface area (Å²) in [6.07, 6.45) is -3.03. The van der Waals surface area contributed by atoms with Crippen molar-refractivity contribution in [3.63, 3.8) is 0 Å². The molecule has 0 aliphatic carbocycles. The van der Waals surface area contributed by atoms with Crippen LogP contribution >= 0.6 is 11.6 Å². The minimum Gasteiger partial charge on any atom is -0.481 e. The Morgan fingerprint density at radius 2 is 1.70 bits per heavy atom. The molecule has 0 radical (unpaired) electrons. The van der Waals surface area contributed by atoms with Crippen molar-refractivity contribution in [1.82, 2.24) is 5.32 Å². The van der Waals surface area contributed by atoms with Crippen LogP contribution in [0.2, 0.25) is 5.02 Å². The molecule has 23 heavy (non-hydrogen) atoms. The maximum Gasteiger partial charge on any atom is 0.490 e. The van der Waals surface area contributed by atoms with Gasteiger partial charge in [0.2, 0.25) is 0 Å². The molecular formula is C14H17ClF3NO4. The summed E-state index contributed by atoms with van der Waals surface area (Å²) >= 11 is 6.01. The van der Waals surface area contributed by atoms with E-state index in [2.05, 4.69) is 5.32 Å². The topological polar surface area (TPSA) is 86.6 Å². The Hall–Kier alpha value is -1.80. The fourth-order valence-corrected chi connectivity index (χ4v) is 1.66. The van der Waals surface area contributed by atoms with Crippen molar-refractivity contribution in [2.24, 2.45) is 0 Å². The van der Waals surface area contributed by atoms with Crippen LogP contribution < -0.4 is 5.32 Å². The standard InChI is InChI=1S/C12H16ClNO2.C2HF3O2/c13-11-6-2-1-4-10(11)5-3-8-14-9-7-12(15)16;3-2(4,5)1(6)7/h1-2,4,6,14H,3,5,7-9H2,(H,15,16);(H,6,7). The van der Waals surface area contributed by atoms with Gasteiger partial charge in [0, 0.05) is 11.6 Å². The Balaban J connectivity index is 0.000000585. The van der Waals surface area contributed by atoms with Crippen molar-refractivity contribution >= 4 is 23.5 Å². The molecule has 3 N–H and O–H groups in total. The van der Waals surface area contributed by atoms with E-state index in [0.717, 1.165) is 30.0 Å². The number of halogens is 4. The zero-order valence-corrected chi connectivity index (χ0v) is 12.8. The van der Waals surface area contributed by atoms with E-state index in [9.17, 15) is 18.0 Å². The lowest BCUT2D eigenvalue weighted by atomic mass is 10.1. The minimum atomic E-state index is -5.08. The number of hydrogen-bond acceptors (Lipinski definition) is 3. The largest absolute Gasteiger partial charge is 0.490 e. The number of benzene rings is 1. The summed E-state index contributed by atoms with van der Waals surface area (Å²) in [6, 6.07) is 7.78. The van der Waals surface area contributed by atoms with Crippen molar-refractivity contribution in [3.05, 3.63) is 34.9 Å². The Bertz CT molecular complexity index is 509. The highest BCUT2D eigenvalue weighted by Gasteiger charge is 2.38. The van der Waals surface area contributed by atoms with E-state index < -0.39 is 18.1 Å². The Morgan fingerprint density at radius 3 is 2.17 bits per heavy atom. The number of aryl methyl sites for hydroxylation is 1. The second kappa shape index (κ2) is 10.8.